The minimum atomic E-state index is -0.769. The Morgan fingerprint density at radius 1 is 1.47 bits per heavy atom. The molecule has 3 nitrogen and oxygen atoms in total. The summed E-state index contributed by atoms with van der Waals surface area (Å²) in [7, 11) is 0. The Bertz CT molecular complexity index is 461. The highest BCUT2D eigenvalue weighted by Crippen LogP contribution is 2.30. The Hall–Kier alpha value is -1.42. The largest absolute Gasteiger partial charge is 0.480 e. The SMILES string of the molecule is CC(C)C(C(=O)O)N1CCC(c2cccc(F)c2)C1. The highest BCUT2D eigenvalue weighted by atomic mass is 19.1. The van der Waals surface area contributed by atoms with Gasteiger partial charge in [-0.05, 0) is 42.5 Å². The number of carboxylic acid groups (broad SMARTS) is 1. The van der Waals surface area contributed by atoms with Crippen molar-refractivity contribution in [1.29, 1.82) is 0 Å². The van der Waals surface area contributed by atoms with Crippen LogP contribution in [0.1, 0.15) is 31.7 Å². The van der Waals surface area contributed by atoms with Crippen LogP contribution in [0, 0.1) is 11.7 Å². The van der Waals surface area contributed by atoms with E-state index in [4.69, 9.17) is 0 Å². The lowest BCUT2D eigenvalue weighted by Crippen LogP contribution is -2.43. The third kappa shape index (κ3) is 3.13. The molecule has 2 unspecified atom stereocenters. The van der Waals surface area contributed by atoms with E-state index in [9.17, 15) is 14.3 Å². The van der Waals surface area contributed by atoms with Gasteiger partial charge in [0.25, 0.3) is 0 Å². The fraction of sp³-hybridized carbons (Fsp3) is 0.533. The van der Waals surface area contributed by atoms with Gasteiger partial charge in [-0.3, -0.25) is 9.69 Å². The van der Waals surface area contributed by atoms with Gasteiger partial charge < -0.3 is 5.11 Å². The number of nitrogens with zero attached hydrogens (tertiary/aromatic N) is 1. The number of benzene rings is 1. The van der Waals surface area contributed by atoms with Crippen LogP contribution in [0.5, 0.6) is 0 Å². The first-order valence-corrected chi connectivity index (χ1v) is 6.71. The molecule has 0 saturated carbocycles. The molecule has 1 saturated heterocycles. The summed E-state index contributed by atoms with van der Waals surface area (Å²) in [6.07, 6.45) is 0.889. The first-order valence-electron chi connectivity index (χ1n) is 6.71. The summed E-state index contributed by atoms with van der Waals surface area (Å²) >= 11 is 0. The summed E-state index contributed by atoms with van der Waals surface area (Å²) in [4.78, 5) is 13.3. The van der Waals surface area contributed by atoms with Crippen LogP contribution in [-0.4, -0.2) is 35.1 Å². The highest BCUT2D eigenvalue weighted by Gasteiger charge is 2.34. The van der Waals surface area contributed by atoms with Crippen LogP contribution in [0.2, 0.25) is 0 Å². The second kappa shape index (κ2) is 5.70. The van der Waals surface area contributed by atoms with E-state index in [1.54, 1.807) is 12.1 Å². The average Bonchev–Trinajstić information content (AvgIpc) is 2.77. The van der Waals surface area contributed by atoms with E-state index >= 15 is 0 Å². The van der Waals surface area contributed by atoms with Crippen molar-refractivity contribution in [3.63, 3.8) is 0 Å². The number of likely N-dealkylation sites (tertiary alicyclic amines) is 1. The average molecular weight is 265 g/mol. The van der Waals surface area contributed by atoms with E-state index in [-0.39, 0.29) is 17.7 Å². The molecule has 19 heavy (non-hydrogen) atoms. The van der Waals surface area contributed by atoms with Crippen molar-refractivity contribution in [3.8, 4) is 0 Å². The van der Waals surface area contributed by atoms with E-state index in [2.05, 4.69) is 0 Å². The monoisotopic (exact) mass is 265 g/mol. The molecule has 2 rings (SSSR count). The molecule has 4 heteroatoms. The predicted octanol–water partition coefficient (Wildman–Crippen LogP) is 2.72. The van der Waals surface area contributed by atoms with Gasteiger partial charge >= 0.3 is 5.97 Å². The lowest BCUT2D eigenvalue weighted by atomic mass is 9.98. The van der Waals surface area contributed by atoms with E-state index in [0.29, 0.717) is 6.54 Å². The van der Waals surface area contributed by atoms with Crippen molar-refractivity contribution in [2.24, 2.45) is 5.92 Å². The summed E-state index contributed by atoms with van der Waals surface area (Å²) in [5.41, 5.74) is 0.968. The Morgan fingerprint density at radius 2 is 2.21 bits per heavy atom. The van der Waals surface area contributed by atoms with Crippen molar-refractivity contribution < 1.29 is 14.3 Å². The topological polar surface area (TPSA) is 40.5 Å². The Labute approximate surface area is 113 Å². The molecule has 1 aromatic rings. The zero-order chi connectivity index (χ0) is 14.0. The van der Waals surface area contributed by atoms with Gasteiger partial charge in [-0.1, -0.05) is 26.0 Å². The molecule has 0 amide bonds. The van der Waals surface area contributed by atoms with Crippen LogP contribution >= 0.6 is 0 Å². The number of carbonyl (C=O) groups is 1. The lowest BCUT2D eigenvalue weighted by molar-refractivity contribution is -0.144. The molecular weight excluding hydrogens is 245 g/mol. The summed E-state index contributed by atoms with van der Waals surface area (Å²) in [6.45, 7) is 5.30. The molecule has 1 aromatic carbocycles. The van der Waals surface area contributed by atoms with Gasteiger partial charge in [0.15, 0.2) is 0 Å². The zero-order valence-electron chi connectivity index (χ0n) is 11.3. The number of rotatable bonds is 4. The fourth-order valence-corrected chi connectivity index (χ4v) is 2.94. The van der Waals surface area contributed by atoms with Crippen LogP contribution < -0.4 is 0 Å². The molecule has 0 bridgehead atoms. The van der Waals surface area contributed by atoms with Crippen LogP contribution in [0.3, 0.4) is 0 Å². The molecule has 0 aromatic heterocycles. The number of hydrogen-bond acceptors (Lipinski definition) is 2. The second-order valence-corrected chi connectivity index (χ2v) is 5.56. The number of carboxylic acids is 1. The summed E-state index contributed by atoms with van der Waals surface area (Å²) in [5, 5.41) is 9.30. The van der Waals surface area contributed by atoms with Gasteiger partial charge in [0, 0.05) is 6.54 Å². The molecule has 1 heterocycles. The lowest BCUT2D eigenvalue weighted by Gasteiger charge is -2.27. The van der Waals surface area contributed by atoms with E-state index in [0.717, 1.165) is 18.5 Å². The molecule has 2 atom stereocenters. The molecule has 1 aliphatic rings. The Balaban J connectivity index is 2.09. The standard InChI is InChI=1S/C15H20FNO2/c1-10(2)14(15(18)19)17-7-6-12(9-17)11-4-3-5-13(16)8-11/h3-5,8,10,12,14H,6-7,9H2,1-2H3,(H,18,19). The van der Waals surface area contributed by atoms with Gasteiger partial charge in [-0.15, -0.1) is 0 Å². The van der Waals surface area contributed by atoms with Crippen LogP contribution in [0.25, 0.3) is 0 Å². The summed E-state index contributed by atoms with van der Waals surface area (Å²) in [6, 6.07) is 6.18. The van der Waals surface area contributed by atoms with Crippen molar-refractivity contribution in [2.75, 3.05) is 13.1 Å². The minimum Gasteiger partial charge on any atom is -0.480 e. The quantitative estimate of drug-likeness (QED) is 0.910. The van der Waals surface area contributed by atoms with Gasteiger partial charge in [-0.25, -0.2) is 4.39 Å². The molecule has 1 aliphatic heterocycles. The molecule has 0 spiro atoms. The number of halogens is 1. The van der Waals surface area contributed by atoms with Gasteiger partial charge in [-0.2, -0.15) is 0 Å². The van der Waals surface area contributed by atoms with Crippen molar-refractivity contribution in [2.45, 2.75) is 32.2 Å². The smallest absolute Gasteiger partial charge is 0.321 e. The van der Waals surface area contributed by atoms with E-state index < -0.39 is 12.0 Å². The zero-order valence-corrected chi connectivity index (χ0v) is 11.3. The molecule has 1 fully saturated rings. The normalized spacial score (nSPS) is 21.8. The van der Waals surface area contributed by atoms with Crippen molar-refractivity contribution in [1.82, 2.24) is 4.90 Å². The fourth-order valence-electron chi connectivity index (χ4n) is 2.94. The molecule has 104 valence electrons. The third-order valence-corrected chi connectivity index (χ3v) is 3.82. The number of hydrogen-bond donors (Lipinski definition) is 1. The molecule has 1 N–H and O–H groups in total. The Morgan fingerprint density at radius 3 is 2.79 bits per heavy atom. The van der Waals surface area contributed by atoms with Crippen LogP contribution in [0.15, 0.2) is 24.3 Å². The maximum Gasteiger partial charge on any atom is 0.321 e. The molecule has 0 aliphatic carbocycles. The first-order chi connectivity index (χ1) is 8.99. The second-order valence-electron chi connectivity index (χ2n) is 5.56. The maximum absolute atomic E-state index is 13.2. The van der Waals surface area contributed by atoms with Crippen LogP contribution in [-0.2, 0) is 4.79 Å². The first kappa shape index (κ1) is 14.0. The summed E-state index contributed by atoms with van der Waals surface area (Å²) < 4.78 is 13.2. The van der Waals surface area contributed by atoms with Gasteiger partial charge in [0.05, 0.1) is 0 Å². The van der Waals surface area contributed by atoms with E-state index in [1.807, 2.05) is 24.8 Å². The van der Waals surface area contributed by atoms with E-state index in [1.165, 1.54) is 6.07 Å². The highest BCUT2D eigenvalue weighted by molar-refractivity contribution is 5.73. The predicted molar refractivity (Wildman–Crippen MR) is 71.6 cm³/mol. The van der Waals surface area contributed by atoms with Crippen molar-refractivity contribution >= 4 is 5.97 Å². The number of aliphatic carboxylic acids is 1. The van der Waals surface area contributed by atoms with Crippen LogP contribution in [0.4, 0.5) is 4.39 Å². The third-order valence-electron chi connectivity index (χ3n) is 3.82. The molecular formula is C15H20FNO2. The Kier molecular flexibility index (Phi) is 4.20. The van der Waals surface area contributed by atoms with Gasteiger partial charge in [0.1, 0.15) is 11.9 Å². The van der Waals surface area contributed by atoms with Gasteiger partial charge in [0.2, 0.25) is 0 Å². The van der Waals surface area contributed by atoms with Crippen molar-refractivity contribution in [3.05, 3.63) is 35.6 Å². The molecule has 0 radical (unpaired) electrons. The minimum absolute atomic E-state index is 0.0729. The summed E-state index contributed by atoms with van der Waals surface area (Å²) in [5.74, 6) is -0.690. The maximum atomic E-state index is 13.2.